The van der Waals surface area contributed by atoms with Crippen molar-refractivity contribution in [2.24, 2.45) is 0 Å². The van der Waals surface area contributed by atoms with Crippen molar-refractivity contribution in [1.82, 2.24) is 0 Å². The molecule has 3 rings (SSSR count). The van der Waals surface area contributed by atoms with Crippen LogP contribution in [0.25, 0.3) is 11.1 Å². The summed E-state index contributed by atoms with van der Waals surface area (Å²) in [6, 6.07) is 24.1. The number of hydrogen-bond acceptors (Lipinski definition) is 2. The Morgan fingerprint density at radius 2 is 1.41 bits per heavy atom. The summed E-state index contributed by atoms with van der Waals surface area (Å²) in [6.45, 7) is 6.34. The third kappa shape index (κ3) is 5.20. The van der Waals surface area contributed by atoms with Gasteiger partial charge in [-0.3, -0.25) is 4.79 Å². The van der Waals surface area contributed by atoms with Gasteiger partial charge in [0.25, 0.3) is 5.91 Å². The van der Waals surface area contributed by atoms with E-state index in [-0.39, 0.29) is 12.5 Å². The summed E-state index contributed by atoms with van der Waals surface area (Å²) in [5.74, 6) is 0.979. The Balaban J connectivity index is 1.53. The van der Waals surface area contributed by atoms with Crippen molar-refractivity contribution >= 4 is 11.6 Å². The van der Waals surface area contributed by atoms with Crippen LogP contribution in [0.2, 0.25) is 0 Å². The topological polar surface area (TPSA) is 38.3 Å². The second-order valence-electron chi connectivity index (χ2n) is 7.00. The van der Waals surface area contributed by atoms with Crippen LogP contribution in [0, 0.1) is 6.92 Å². The molecule has 0 atom stereocenters. The molecule has 1 amide bonds. The summed E-state index contributed by atoms with van der Waals surface area (Å²) in [5.41, 5.74) is 5.55. The third-order valence-electron chi connectivity index (χ3n) is 4.47. The minimum absolute atomic E-state index is 0.0180. The predicted octanol–water partition coefficient (Wildman–Crippen LogP) is 5.80. The average Bonchev–Trinajstić information content (AvgIpc) is 2.68. The number of anilines is 1. The van der Waals surface area contributed by atoms with Crippen LogP contribution in [0.15, 0.2) is 72.8 Å². The summed E-state index contributed by atoms with van der Waals surface area (Å²) in [7, 11) is 0. The molecule has 0 heterocycles. The monoisotopic (exact) mass is 359 g/mol. The minimum atomic E-state index is -0.171. The number of ether oxygens (including phenoxy) is 1. The Kier molecular flexibility index (Phi) is 5.92. The first kappa shape index (κ1) is 18.7. The van der Waals surface area contributed by atoms with E-state index in [0.717, 1.165) is 16.8 Å². The van der Waals surface area contributed by atoms with Crippen LogP contribution in [-0.2, 0) is 4.79 Å². The highest BCUT2D eigenvalue weighted by molar-refractivity contribution is 5.91. The van der Waals surface area contributed by atoms with Gasteiger partial charge in [0.15, 0.2) is 6.61 Å². The van der Waals surface area contributed by atoms with Crippen molar-refractivity contribution in [2.75, 3.05) is 11.9 Å². The molecule has 3 nitrogen and oxygen atoms in total. The van der Waals surface area contributed by atoms with Crippen LogP contribution in [0.4, 0.5) is 5.69 Å². The van der Waals surface area contributed by atoms with Crippen LogP contribution >= 0.6 is 0 Å². The van der Waals surface area contributed by atoms with Crippen LogP contribution in [0.1, 0.15) is 30.9 Å². The van der Waals surface area contributed by atoms with Gasteiger partial charge in [-0.15, -0.1) is 0 Å². The van der Waals surface area contributed by atoms with Gasteiger partial charge in [0, 0.05) is 5.69 Å². The molecule has 0 bridgehead atoms. The highest BCUT2D eigenvalue weighted by Gasteiger charge is 2.05. The molecular weight excluding hydrogens is 334 g/mol. The Morgan fingerprint density at radius 3 is 1.96 bits per heavy atom. The number of amides is 1. The molecule has 0 spiro atoms. The smallest absolute Gasteiger partial charge is 0.262 e. The summed E-state index contributed by atoms with van der Waals surface area (Å²) in [4.78, 5) is 12.1. The quantitative estimate of drug-likeness (QED) is 0.604. The van der Waals surface area contributed by atoms with E-state index in [2.05, 4.69) is 50.4 Å². The second kappa shape index (κ2) is 8.54. The molecule has 1 N–H and O–H groups in total. The Labute approximate surface area is 161 Å². The Morgan fingerprint density at radius 1 is 0.852 bits per heavy atom. The van der Waals surface area contributed by atoms with Crippen molar-refractivity contribution in [1.29, 1.82) is 0 Å². The lowest BCUT2D eigenvalue weighted by atomic mass is 10.0. The zero-order valence-electron chi connectivity index (χ0n) is 16.0. The molecule has 0 saturated carbocycles. The zero-order valence-corrected chi connectivity index (χ0v) is 16.0. The average molecular weight is 359 g/mol. The van der Waals surface area contributed by atoms with Crippen LogP contribution < -0.4 is 10.1 Å². The van der Waals surface area contributed by atoms with E-state index in [1.54, 1.807) is 0 Å². The molecule has 0 radical (unpaired) electrons. The first-order valence-electron chi connectivity index (χ1n) is 9.21. The number of benzene rings is 3. The lowest BCUT2D eigenvalue weighted by Crippen LogP contribution is -2.20. The number of rotatable bonds is 6. The number of hydrogen-bond donors (Lipinski definition) is 1. The summed E-state index contributed by atoms with van der Waals surface area (Å²) in [6.07, 6.45) is 0. The second-order valence-corrected chi connectivity index (χ2v) is 7.00. The van der Waals surface area contributed by atoms with Crippen LogP contribution in [-0.4, -0.2) is 12.5 Å². The van der Waals surface area contributed by atoms with Gasteiger partial charge in [-0.1, -0.05) is 67.9 Å². The van der Waals surface area contributed by atoms with Crippen molar-refractivity contribution in [3.8, 4) is 16.9 Å². The maximum absolute atomic E-state index is 12.1. The summed E-state index contributed by atoms with van der Waals surface area (Å²) in [5, 5.41) is 2.86. The molecule has 0 aromatic heterocycles. The van der Waals surface area contributed by atoms with Gasteiger partial charge in [0.05, 0.1) is 0 Å². The van der Waals surface area contributed by atoms with E-state index >= 15 is 0 Å². The van der Waals surface area contributed by atoms with Crippen molar-refractivity contribution in [3.63, 3.8) is 0 Å². The van der Waals surface area contributed by atoms with Gasteiger partial charge >= 0.3 is 0 Å². The Bertz CT molecular complexity index is 879. The van der Waals surface area contributed by atoms with E-state index in [9.17, 15) is 4.79 Å². The molecule has 0 aliphatic heterocycles. The minimum Gasteiger partial charge on any atom is -0.484 e. The molecule has 3 heteroatoms. The fourth-order valence-corrected chi connectivity index (χ4v) is 2.79. The maximum atomic E-state index is 12.1. The van der Waals surface area contributed by atoms with Gasteiger partial charge < -0.3 is 10.1 Å². The van der Waals surface area contributed by atoms with E-state index in [1.807, 2.05) is 48.5 Å². The zero-order chi connectivity index (χ0) is 19.2. The first-order chi connectivity index (χ1) is 13.0. The predicted molar refractivity (Wildman–Crippen MR) is 111 cm³/mol. The molecule has 0 aliphatic rings. The highest BCUT2D eigenvalue weighted by atomic mass is 16.5. The van der Waals surface area contributed by atoms with Crippen molar-refractivity contribution < 1.29 is 9.53 Å². The molecule has 0 saturated heterocycles. The number of aryl methyl sites for hydroxylation is 1. The normalized spacial score (nSPS) is 10.7. The molecule has 138 valence electrons. The summed E-state index contributed by atoms with van der Waals surface area (Å²) < 4.78 is 5.60. The SMILES string of the molecule is Cc1ccc(-c2ccc(OCC(=O)Nc3ccc(C(C)C)cc3)cc2)cc1. The maximum Gasteiger partial charge on any atom is 0.262 e. The Hall–Kier alpha value is -3.07. The van der Waals surface area contributed by atoms with Gasteiger partial charge in [-0.2, -0.15) is 0 Å². The van der Waals surface area contributed by atoms with Crippen molar-refractivity contribution in [3.05, 3.63) is 83.9 Å². The van der Waals surface area contributed by atoms with Crippen LogP contribution in [0.5, 0.6) is 5.75 Å². The van der Waals surface area contributed by atoms with Gasteiger partial charge in [0.2, 0.25) is 0 Å². The largest absolute Gasteiger partial charge is 0.484 e. The van der Waals surface area contributed by atoms with E-state index in [0.29, 0.717) is 11.7 Å². The van der Waals surface area contributed by atoms with Gasteiger partial charge in [0.1, 0.15) is 5.75 Å². The number of carbonyl (C=O) groups excluding carboxylic acids is 1. The lowest BCUT2D eigenvalue weighted by molar-refractivity contribution is -0.118. The standard InChI is InChI=1S/C24H25NO2/c1-17(2)19-8-12-22(13-9-19)25-24(26)16-27-23-14-10-21(11-15-23)20-6-4-18(3)5-7-20/h4-15,17H,16H2,1-3H3,(H,25,26). The van der Waals surface area contributed by atoms with Gasteiger partial charge in [-0.05, 0) is 53.8 Å². The fraction of sp³-hybridized carbons (Fsp3) is 0.208. The number of carbonyl (C=O) groups is 1. The van der Waals surface area contributed by atoms with E-state index in [4.69, 9.17) is 4.74 Å². The molecule has 0 unspecified atom stereocenters. The molecule has 3 aromatic carbocycles. The van der Waals surface area contributed by atoms with Gasteiger partial charge in [-0.25, -0.2) is 0 Å². The molecule has 27 heavy (non-hydrogen) atoms. The molecule has 0 aliphatic carbocycles. The molecular formula is C24H25NO2. The van der Waals surface area contributed by atoms with Crippen molar-refractivity contribution in [2.45, 2.75) is 26.7 Å². The summed E-state index contributed by atoms with van der Waals surface area (Å²) >= 11 is 0. The van der Waals surface area contributed by atoms with E-state index in [1.165, 1.54) is 11.1 Å². The third-order valence-corrected chi connectivity index (χ3v) is 4.47. The van der Waals surface area contributed by atoms with Crippen LogP contribution in [0.3, 0.4) is 0 Å². The highest BCUT2D eigenvalue weighted by Crippen LogP contribution is 2.23. The fourth-order valence-electron chi connectivity index (χ4n) is 2.79. The van der Waals surface area contributed by atoms with E-state index < -0.39 is 0 Å². The first-order valence-corrected chi connectivity index (χ1v) is 9.21. The lowest BCUT2D eigenvalue weighted by Gasteiger charge is -2.10. The number of nitrogens with one attached hydrogen (secondary N) is 1. The molecule has 0 fully saturated rings. The molecule has 3 aromatic rings.